The van der Waals surface area contributed by atoms with Gasteiger partial charge in [-0.1, -0.05) is 18.2 Å². The number of pyridine rings is 1. The molecular weight excluding hydrogens is 248 g/mol. The summed E-state index contributed by atoms with van der Waals surface area (Å²) in [6.45, 7) is 2.87. The molecule has 1 fully saturated rings. The Labute approximate surface area is 119 Å². The van der Waals surface area contributed by atoms with Gasteiger partial charge in [-0.2, -0.15) is 0 Å². The lowest BCUT2D eigenvalue weighted by atomic mass is 10.1. The van der Waals surface area contributed by atoms with Crippen molar-refractivity contribution in [1.29, 1.82) is 0 Å². The van der Waals surface area contributed by atoms with E-state index in [9.17, 15) is 4.79 Å². The minimum absolute atomic E-state index is 0.108. The largest absolute Gasteiger partial charge is 0.330 e. The van der Waals surface area contributed by atoms with Crippen molar-refractivity contribution in [2.24, 2.45) is 0 Å². The molecule has 0 spiro atoms. The molecule has 0 bridgehead atoms. The maximum Gasteiger partial charge on any atom is 0.254 e. The van der Waals surface area contributed by atoms with Crippen LogP contribution in [0.25, 0.3) is 0 Å². The van der Waals surface area contributed by atoms with Gasteiger partial charge in [0.2, 0.25) is 0 Å². The minimum Gasteiger partial charge on any atom is -0.330 e. The molecule has 0 N–H and O–H groups in total. The van der Waals surface area contributed by atoms with Crippen LogP contribution >= 0.6 is 0 Å². The van der Waals surface area contributed by atoms with Crippen LogP contribution in [0, 0.1) is 6.92 Å². The number of rotatable bonds is 2. The van der Waals surface area contributed by atoms with Crippen LogP contribution in [0.5, 0.6) is 0 Å². The summed E-state index contributed by atoms with van der Waals surface area (Å²) in [6, 6.07) is 13.7. The summed E-state index contributed by atoms with van der Waals surface area (Å²) in [7, 11) is 0. The van der Waals surface area contributed by atoms with Crippen LogP contribution in [0.3, 0.4) is 0 Å². The number of benzene rings is 1. The van der Waals surface area contributed by atoms with Gasteiger partial charge >= 0.3 is 0 Å². The van der Waals surface area contributed by atoms with E-state index in [-0.39, 0.29) is 11.9 Å². The zero-order valence-corrected chi connectivity index (χ0v) is 11.6. The number of aryl methyl sites for hydroxylation is 1. The van der Waals surface area contributed by atoms with Crippen LogP contribution < -0.4 is 0 Å². The summed E-state index contributed by atoms with van der Waals surface area (Å²) < 4.78 is 0. The fourth-order valence-electron chi connectivity index (χ4n) is 2.81. The van der Waals surface area contributed by atoms with E-state index in [2.05, 4.69) is 18.0 Å². The molecule has 0 unspecified atom stereocenters. The second-order valence-corrected chi connectivity index (χ2v) is 5.28. The predicted octanol–water partition coefficient (Wildman–Crippen LogP) is 3.37. The Morgan fingerprint density at radius 2 is 2.05 bits per heavy atom. The molecule has 3 nitrogen and oxygen atoms in total. The van der Waals surface area contributed by atoms with E-state index in [4.69, 9.17) is 0 Å². The first kappa shape index (κ1) is 12.9. The van der Waals surface area contributed by atoms with Crippen LogP contribution in [-0.4, -0.2) is 22.3 Å². The van der Waals surface area contributed by atoms with E-state index < -0.39 is 0 Å². The molecule has 1 aromatic carbocycles. The summed E-state index contributed by atoms with van der Waals surface area (Å²) in [5.41, 5.74) is 2.95. The molecule has 102 valence electrons. The molecule has 1 aliphatic heterocycles. The number of amides is 1. The van der Waals surface area contributed by atoms with E-state index in [1.807, 2.05) is 47.5 Å². The first-order valence-electron chi connectivity index (χ1n) is 7.04. The molecular formula is C17H18N2O. The lowest BCUT2D eigenvalue weighted by Crippen LogP contribution is -2.30. The zero-order valence-electron chi connectivity index (χ0n) is 11.6. The van der Waals surface area contributed by atoms with Crippen LogP contribution in [-0.2, 0) is 0 Å². The third kappa shape index (κ3) is 2.44. The van der Waals surface area contributed by atoms with Crippen LogP contribution in [0.2, 0.25) is 0 Å². The molecule has 2 aromatic rings. The Balaban J connectivity index is 1.88. The van der Waals surface area contributed by atoms with Gasteiger partial charge in [-0.3, -0.25) is 9.78 Å². The molecule has 0 radical (unpaired) electrons. The van der Waals surface area contributed by atoms with E-state index in [1.54, 1.807) is 0 Å². The maximum atomic E-state index is 12.6. The highest BCUT2D eigenvalue weighted by Crippen LogP contribution is 2.32. The smallest absolute Gasteiger partial charge is 0.254 e. The van der Waals surface area contributed by atoms with Gasteiger partial charge in [-0.15, -0.1) is 0 Å². The molecule has 20 heavy (non-hydrogen) atoms. The fraction of sp³-hybridized carbons (Fsp3) is 0.294. The number of hydrogen-bond acceptors (Lipinski definition) is 2. The van der Waals surface area contributed by atoms with Gasteiger partial charge in [0.15, 0.2) is 0 Å². The number of aromatic nitrogens is 1. The Morgan fingerprint density at radius 1 is 1.25 bits per heavy atom. The van der Waals surface area contributed by atoms with Crippen molar-refractivity contribution in [2.45, 2.75) is 25.8 Å². The highest BCUT2D eigenvalue weighted by molar-refractivity contribution is 5.94. The molecule has 3 heteroatoms. The van der Waals surface area contributed by atoms with E-state index in [0.29, 0.717) is 0 Å². The third-order valence-corrected chi connectivity index (χ3v) is 3.81. The number of nitrogens with zero attached hydrogens (tertiary/aromatic N) is 2. The van der Waals surface area contributed by atoms with E-state index in [1.165, 1.54) is 5.56 Å². The maximum absolute atomic E-state index is 12.6. The molecule has 1 aromatic heterocycles. The van der Waals surface area contributed by atoms with Crippen molar-refractivity contribution in [2.75, 3.05) is 6.54 Å². The predicted molar refractivity (Wildman–Crippen MR) is 78.4 cm³/mol. The number of carbonyl (C=O) groups is 1. The summed E-state index contributed by atoms with van der Waals surface area (Å²) >= 11 is 0. The van der Waals surface area contributed by atoms with Crippen LogP contribution in [0.15, 0.2) is 48.7 Å². The van der Waals surface area contributed by atoms with Gasteiger partial charge in [-0.05, 0) is 49.6 Å². The first-order valence-corrected chi connectivity index (χ1v) is 7.04. The Kier molecular flexibility index (Phi) is 3.50. The topological polar surface area (TPSA) is 33.2 Å². The number of hydrogen-bond donors (Lipinski definition) is 0. The molecule has 1 saturated heterocycles. The van der Waals surface area contributed by atoms with Gasteiger partial charge in [0.1, 0.15) is 0 Å². The molecule has 2 heterocycles. The summed E-state index contributed by atoms with van der Waals surface area (Å²) in [5.74, 6) is 0.108. The second kappa shape index (κ2) is 5.45. The summed E-state index contributed by atoms with van der Waals surface area (Å²) in [6.07, 6.45) is 3.86. The molecule has 3 rings (SSSR count). The van der Waals surface area contributed by atoms with Crippen molar-refractivity contribution >= 4 is 5.91 Å². The molecule has 1 atom stereocenters. The Bertz CT molecular complexity index is 609. The average molecular weight is 266 g/mol. The van der Waals surface area contributed by atoms with Crippen molar-refractivity contribution in [1.82, 2.24) is 9.88 Å². The van der Waals surface area contributed by atoms with Gasteiger partial charge in [0.05, 0.1) is 11.7 Å². The van der Waals surface area contributed by atoms with Crippen molar-refractivity contribution < 1.29 is 4.79 Å². The third-order valence-electron chi connectivity index (χ3n) is 3.81. The quantitative estimate of drug-likeness (QED) is 0.835. The summed E-state index contributed by atoms with van der Waals surface area (Å²) in [5, 5.41) is 0. The van der Waals surface area contributed by atoms with Crippen molar-refractivity contribution in [3.63, 3.8) is 0 Å². The van der Waals surface area contributed by atoms with Crippen molar-refractivity contribution in [3.8, 4) is 0 Å². The van der Waals surface area contributed by atoms with Crippen LogP contribution in [0.1, 0.15) is 40.5 Å². The zero-order chi connectivity index (χ0) is 13.9. The molecule has 0 saturated carbocycles. The first-order chi connectivity index (χ1) is 9.75. The summed E-state index contributed by atoms with van der Waals surface area (Å²) in [4.78, 5) is 19.0. The van der Waals surface area contributed by atoms with Gasteiger partial charge < -0.3 is 4.90 Å². The lowest BCUT2D eigenvalue weighted by molar-refractivity contribution is 0.0733. The van der Waals surface area contributed by atoms with Crippen molar-refractivity contribution in [3.05, 3.63) is 65.5 Å². The molecule has 1 aliphatic rings. The molecule has 0 aliphatic carbocycles. The van der Waals surface area contributed by atoms with E-state index in [0.717, 1.165) is 30.6 Å². The number of likely N-dealkylation sites (tertiary alicyclic amines) is 1. The standard InChI is InChI=1S/C17H18N2O/c1-13-9-10-18-15(12-13)16-8-5-11-19(16)17(20)14-6-3-2-4-7-14/h2-4,6-7,9-10,12,16H,5,8,11H2,1H3/t16-/m0/s1. The normalized spacial score (nSPS) is 18.2. The lowest BCUT2D eigenvalue weighted by Gasteiger charge is -2.24. The Hall–Kier alpha value is -2.16. The van der Waals surface area contributed by atoms with Gasteiger partial charge in [0, 0.05) is 18.3 Å². The number of carbonyl (C=O) groups excluding carboxylic acids is 1. The fourth-order valence-corrected chi connectivity index (χ4v) is 2.81. The van der Waals surface area contributed by atoms with Gasteiger partial charge in [0.25, 0.3) is 5.91 Å². The highest BCUT2D eigenvalue weighted by Gasteiger charge is 2.31. The minimum atomic E-state index is 0.108. The second-order valence-electron chi connectivity index (χ2n) is 5.28. The monoisotopic (exact) mass is 266 g/mol. The SMILES string of the molecule is Cc1ccnc([C@@H]2CCCN2C(=O)c2ccccc2)c1. The van der Waals surface area contributed by atoms with Crippen LogP contribution in [0.4, 0.5) is 0 Å². The Morgan fingerprint density at radius 3 is 2.80 bits per heavy atom. The molecule has 1 amide bonds. The average Bonchev–Trinajstić information content (AvgIpc) is 2.97. The van der Waals surface area contributed by atoms with Gasteiger partial charge in [-0.25, -0.2) is 0 Å². The highest BCUT2D eigenvalue weighted by atomic mass is 16.2. The van der Waals surface area contributed by atoms with E-state index >= 15 is 0 Å².